The SMILES string of the molecule is COCCCN1C(=O)/C(=C\c2cc(OC)c(OC)c(OC)c2)C(C(=O)OC)=C1C. The van der Waals surface area contributed by atoms with E-state index in [2.05, 4.69) is 0 Å². The fourth-order valence-electron chi connectivity index (χ4n) is 3.22. The third kappa shape index (κ3) is 4.54. The third-order valence-corrected chi connectivity index (χ3v) is 4.63. The van der Waals surface area contributed by atoms with Crippen molar-refractivity contribution in [1.29, 1.82) is 0 Å². The number of hydrogen-bond donors (Lipinski definition) is 0. The highest BCUT2D eigenvalue weighted by Gasteiger charge is 2.36. The van der Waals surface area contributed by atoms with Crippen LogP contribution in [0.25, 0.3) is 6.08 Å². The molecule has 0 radical (unpaired) electrons. The fraction of sp³-hybridized carbons (Fsp3) is 0.429. The summed E-state index contributed by atoms with van der Waals surface area (Å²) in [5.74, 6) is 0.496. The Morgan fingerprint density at radius 1 is 1.03 bits per heavy atom. The van der Waals surface area contributed by atoms with Crippen molar-refractivity contribution in [1.82, 2.24) is 4.90 Å². The molecule has 0 spiro atoms. The van der Waals surface area contributed by atoms with Crippen LogP contribution in [-0.2, 0) is 19.1 Å². The number of carbonyl (C=O) groups excluding carboxylic acids is 2. The molecule has 0 aliphatic carbocycles. The lowest BCUT2D eigenvalue weighted by molar-refractivity contribution is -0.136. The van der Waals surface area contributed by atoms with Gasteiger partial charge < -0.3 is 28.6 Å². The molecule has 1 aliphatic heterocycles. The van der Waals surface area contributed by atoms with Gasteiger partial charge in [0.2, 0.25) is 5.75 Å². The molecule has 0 aromatic heterocycles. The van der Waals surface area contributed by atoms with Gasteiger partial charge in [0, 0.05) is 26.0 Å². The van der Waals surface area contributed by atoms with Crippen LogP contribution in [0.15, 0.2) is 29.0 Å². The zero-order chi connectivity index (χ0) is 21.6. The molecule has 1 heterocycles. The van der Waals surface area contributed by atoms with Crippen LogP contribution in [0.3, 0.4) is 0 Å². The van der Waals surface area contributed by atoms with Gasteiger partial charge in [0.1, 0.15) is 0 Å². The summed E-state index contributed by atoms with van der Waals surface area (Å²) >= 11 is 0. The molecular weight excluding hydrogens is 378 g/mol. The zero-order valence-corrected chi connectivity index (χ0v) is 17.7. The molecule has 0 atom stereocenters. The number of allylic oxidation sites excluding steroid dienone is 1. The minimum Gasteiger partial charge on any atom is -0.493 e. The second-order valence-corrected chi connectivity index (χ2v) is 6.27. The molecule has 0 bridgehead atoms. The second kappa shape index (κ2) is 9.97. The van der Waals surface area contributed by atoms with Crippen molar-refractivity contribution in [2.75, 3.05) is 48.7 Å². The monoisotopic (exact) mass is 405 g/mol. The van der Waals surface area contributed by atoms with E-state index in [4.69, 9.17) is 23.7 Å². The molecular formula is C21H27NO7. The first-order chi connectivity index (χ1) is 13.9. The van der Waals surface area contributed by atoms with Crippen LogP contribution in [0.1, 0.15) is 18.9 Å². The minimum absolute atomic E-state index is 0.240. The molecule has 1 aromatic rings. The van der Waals surface area contributed by atoms with E-state index in [0.717, 1.165) is 0 Å². The van der Waals surface area contributed by atoms with Crippen LogP contribution in [-0.4, -0.2) is 65.5 Å². The predicted octanol–water partition coefficient (Wildman–Crippen LogP) is 2.42. The highest BCUT2D eigenvalue weighted by atomic mass is 16.5. The molecule has 158 valence electrons. The Kier molecular flexibility index (Phi) is 7.67. The van der Waals surface area contributed by atoms with E-state index >= 15 is 0 Å². The summed E-state index contributed by atoms with van der Waals surface area (Å²) in [4.78, 5) is 27.0. The molecule has 2 rings (SSSR count). The van der Waals surface area contributed by atoms with Gasteiger partial charge in [0.15, 0.2) is 11.5 Å². The third-order valence-electron chi connectivity index (χ3n) is 4.63. The Balaban J connectivity index is 2.54. The number of benzene rings is 1. The Labute approximate surface area is 170 Å². The average molecular weight is 405 g/mol. The standard InChI is InChI=1S/C21H27NO7/c1-13-18(21(24)29-6)15(20(23)22(13)8-7-9-25-2)10-14-11-16(26-3)19(28-5)17(12-14)27-4/h10-12H,7-9H2,1-6H3/b15-10-. The van der Waals surface area contributed by atoms with Crippen LogP contribution < -0.4 is 14.2 Å². The first-order valence-electron chi connectivity index (χ1n) is 9.05. The summed E-state index contributed by atoms with van der Waals surface area (Å²) in [5, 5.41) is 0. The maximum Gasteiger partial charge on any atom is 0.340 e. The van der Waals surface area contributed by atoms with Crippen LogP contribution in [0, 0.1) is 0 Å². The summed E-state index contributed by atoms with van der Waals surface area (Å²) in [6.07, 6.45) is 2.27. The van der Waals surface area contributed by atoms with Crippen LogP contribution in [0.2, 0.25) is 0 Å². The van der Waals surface area contributed by atoms with Crippen LogP contribution >= 0.6 is 0 Å². The van der Waals surface area contributed by atoms with Gasteiger partial charge in [0.25, 0.3) is 5.91 Å². The van der Waals surface area contributed by atoms with Crippen molar-refractivity contribution in [3.8, 4) is 17.2 Å². The lowest BCUT2D eigenvalue weighted by atomic mass is 10.0. The smallest absolute Gasteiger partial charge is 0.340 e. The quantitative estimate of drug-likeness (QED) is 0.354. The van der Waals surface area contributed by atoms with Gasteiger partial charge >= 0.3 is 5.97 Å². The topological polar surface area (TPSA) is 83.5 Å². The lowest BCUT2D eigenvalue weighted by Gasteiger charge is -2.17. The van der Waals surface area contributed by atoms with Gasteiger partial charge in [-0.3, -0.25) is 4.79 Å². The maximum atomic E-state index is 13.1. The number of methoxy groups -OCH3 is 5. The van der Waals surface area contributed by atoms with Gasteiger partial charge in [-0.2, -0.15) is 0 Å². The van der Waals surface area contributed by atoms with E-state index in [9.17, 15) is 9.59 Å². The molecule has 0 saturated carbocycles. The number of carbonyl (C=O) groups is 2. The Morgan fingerprint density at radius 2 is 1.66 bits per heavy atom. The summed E-state index contributed by atoms with van der Waals surface area (Å²) in [6.45, 7) is 2.68. The molecule has 1 aliphatic rings. The van der Waals surface area contributed by atoms with Crippen LogP contribution in [0.4, 0.5) is 0 Å². The first kappa shape index (κ1) is 22.3. The minimum atomic E-state index is -0.566. The molecule has 1 aromatic carbocycles. The molecule has 1 amide bonds. The highest BCUT2D eigenvalue weighted by Crippen LogP contribution is 2.40. The number of esters is 1. The van der Waals surface area contributed by atoms with Crippen molar-refractivity contribution < 1.29 is 33.3 Å². The van der Waals surface area contributed by atoms with Crippen molar-refractivity contribution >= 4 is 18.0 Å². The highest BCUT2D eigenvalue weighted by molar-refractivity contribution is 6.16. The molecule has 0 unspecified atom stereocenters. The van der Waals surface area contributed by atoms with Gasteiger partial charge in [-0.15, -0.1) is 0 Å². The first-order valence-corrected chi connectivity index (χ1v) is 9.05. The Morgan fingerprint density at radius 3 is 2.14 bits per heavy atom. The lowest BCUT2D eigenvalue weighted by Crippen LogP contribution is -2.26. The molecule has 0 saturated heterocycles. The van der Waals surface area contributed by atoms with E-state index < -0.39 is 5.97 Å². The number of amides is 1. The summed E-state index contributed by atoms with van der Waals surface area (Å²) in [6, 6.07) is 3.42. The normalized spacial score (nSPS) is 15.2. The zero-order valence-electron chi connectivity index (χ0n) is 17.7. The largest absolute Gasteiger partial charge is 0.493 e. The van der Waals surface area contributed by atoms with E-state index in [1.165, 1.54) is 28.4 Å². The fourth-order valence-corrected chi connectivity index (χ4v) is 3.22. The van der Waals surface area contributed by atoms with Crippen molar-refractivity contribution in [3.05, 3.63) is 34.5 Å². The van der Waals surface area contributed by atoms with Gasteiger partial charge in [-0.25, -0.2) is 4.79 Å². The number of rotatable bonds is 9. The van der Waals surface area contributed by atoms with E-state index in [-0.39, 0.29) is 17.1 Å². The Bertz CT molecular complexity index is 816. The number of ether oxygens (including phenoxy) is 5. The van der Waals surface area contributed by atoms with E-state index in [0.29, 0.717) is 48.1 Å². The molecule has 0 fully saturated rings. The van der Waals surface area contributed by atoms with Gasteiger partial charge in [-0.1, -0.05) is 0 Å². The molecule has 0 N–H and O–H groups in total. The van der Waals surface area contributed by atoms with E-state index in [1.807, 2.05) is 0 Å². The van der Waals surface area contributed by atoms with Crippen molar-refractivity contribution in [2.24, 2.45) is 0 Å². The van der Waals surface area contributed by atoms with Crippen molar-refractivity contribution in [2.45, 2.75) is 13.3 Å². The number of hydrogen-bond acceptors (Lipinski definition) is 7. The molecule has 8 heteroatoms. The van der Waals surface area contributed by atoms with Crippen LogP contribution in [0.5, 0.6) is 17.2 Å². The van der Waals surface area contributed by atoms with Gasteiger partial charge in [0.05, 0.1) is 39.6 Å². The predicted molar refractivity (Wildman–Crippen MR) is 107 cm³/mol. The van der Waals surface area contributed by atoms with Gasteiger partial charge in [-0.05, 0) is 37.1 Å². The summed E-state index contributed by atoms with van der Waals surface area (Å²) < 4.78 is 26.0. The molecule has 29 heavy (non-hydrogen) atoms. The summed E-state index contributed by atoms with van der Waals surface area (Å²) in [5.41, 5.74) is 1.66. The number of nitrogens with zero attached hydrogens (tertiary/aromatic N) is 1. The van der Waals surface area contributed by atoms with E-state index in [1.54, 1.807) is 37.1 Å². The molecule has 8 nitrogen and oxygen atoms in total. The second-order valence-electron chi connectivity index (χ2n) is 6.27. The maximum absolute atomic E-state index is 13.1. The van der Waals surface area contributed by atoms with Crippen molar-refractivity contribution in [3.63, 3.8) is 0 Å². The average Bonchev–Trinajstić information content (AvgIpc) is 2.96. The summed E-state index contributed by atoms with van der Waals surface area (Å²) in [7, 11) is 7.42. The Hall–Kier alpha value is -3.00.